The van der Waals surface area contributed by atoms with E-state index in [1.165, 1.54) is 25.3 Å². The van der Waals surface area contributed by atoms with Gasteiger partial charge in [0.15, 0.2) is 5.78 Å². The second-order valence-corrected chi connectivity index (χ2v) is 15.4. The minimum atomic E-state index is -0.804. The van der Waals surface area contributed by atoms with Gasteiger partial charge >= 0.3 is 0 Å². The van der Waals surface area contributed by atoms with Gasteiger partial charge in [0.25, 0.3) is 0 Å². The van der Waals surface area contributed by atoms with Crippen LogP contribution in [0.1, 0.15) is 83.6 Å². The smallest absolute Gasteiger partial charge is 0.164 e. The number of fused-ring (bicyclic) bond motifs is 1. The number of aliphatic hydroxyl groups is 2. The summed E-state index contributed by atoms with van der Waals surface area (Å²) in [7, 11) is 0. The van der Waals surface area contributed by atoms with Crippen molar-refractivity contribution in [2.75, 3.05) is 19.6 Å². The van der Waals surface area contributed by atoms with Gasteiger partial charge in [-0.1, -0.05) is 56.2 Å². The van der Waals surface area contributed by atoms with E-state index in [9.17, 15) is 19.4 Å². The number of β-amino-alcohol motifs (C(OH)–C–C–N with tert-alkyl or cyclic N) is 1. The lowest BCUT2D eigenvalue weighted by molar-refractivity contribution is -0.179. The van der Waals surface area contributed by atoms with E-state index in [4.69, 9.17) is 11.6 Å². The molecule has 1 unspecified atom stereocenters. The molecule has 6 heteroatoms. The SMILES string of the molecule is C[C@]12CC[C@H]3[C@]4(C=C[C@@]5(C=C4C(=O)Cc4c(F)cccc4Cl)CC(O)CC[C@]35C)[C@@H]1CC[C@@]2(O)CN1CCCCC1. The third-order valence-electron chi connectivity index (χ3n) is 13.3. The van der Waals surface area contributed by atoms with Gasteiger partial charge in [0.2, 0.25) is 0 Å². The van der Waals surface area contributed by atoms with E-state index in [1.54, 1.807) is 12.1 Å². The normalized spacial score (nSPS) is 45.1. The fourth-order valence-electron chi connectivity index (χ4n) is 11.1. The summed E-state index contributed by atoms with van der Waals surface area (Å²) in [5.74, 6) is -0.155. The van der Waals surface area contributed by atoms with E-state index in [1.807, 2.05) is 0 Å². The topological polar surface area (TPSA) is 60.8 Å². The Morgan fingerprint density at radius 1 is 1.02 bits per heavy atom. The highest BCUT2D eigenvalue weighted by molar-refractivity contribution is 6.31. The number of nitrogens with zero attached hydrogens (tertiary/aromatic N) is 1. The number of benzene rings is 1. The molecular weight excluding hydrogens is 537 g/mol. The molecule has 0 aromatic heterocycles. The van der Waals surface area contributed by atoms with Crippen LogP contribution >= 0.6 is 11.6 Å². The molecule has 2 spiro atoms. The number of allylic oxidation sites excluding steroid dienone is 4. The molecule has 2 bridgehead atoms. The third kappa shape index (κ3) is 3.77. The fourth-order valence-corrected chi connectivity index (χ4v) is 11.3. The molecule has 2 N–H and O–H groups in total. The number of carbonyl (C=O) groups excluding carboxylic acids is 1. The van der Waals surface area contributed by atoms with E-state index in [0.29, 0.717) is 13.0 Å². The fraction of sp³-hybridized carbons (Fsp3) is 0.686. The maximum atomic E-state index is 14.9. The number of hydrogen-bond acceptors (Lipinski definition) is 4. The minimum absolute atomic E-state index is 0.0661. The molecule has 222 valence electrons. The molecule has 1 heterocycles. The molecule has 1 saturated heterocycles. The van der Waals surface area contributed by atoms with Crippen molar-refractivity contribution in [2.45, 2.75) is 96.2 Å². The predicted molar refractivity (Wildman–Crippen MR) is 159 cm³/mol. The Hall–Kier alpha value is -1.53. The number of aliphatic hydroxyl groups excluding tert-OH is 1. The zero-order chi connectivity index (χ0) is 28.8. The van der Waals surface area contributed by atoms with Crippen LogP contribution in [0.25, 0.3) is 0 Å². The van der Waals surface area contributed by atoms with E-state index in [-0.39, 0.29) is 45.5 Å². The van der Waals surface area contributed by atoms with Crippen LogP contribution in [0.4, 0.5) is 4.39 Å². The van der Waals surface area contributed by atoms with Crippen molar-refractivity contribution < 1.29 is 19.4 Å². The molecule has 7 aliphatic rings. The number of piperidine rings is 1. The Labute approximate surface area is 249 Å². The number of rotatable bonds is 5. The largest absolute Gasteiger partial charge is 0.393 e. The van der Waals surface area contributed by atoms with Crippen molar-refractivity contribution in [1.82, 2.24) is 4.90 Å². The number of likely N-dealkylation sites (tertiary alicyclic amines) is 1. The first-order valence-electron chi connectivity index (χ1n) is 16.0. The van der Waals surface area contributed by atoms with Gasteiger partial charge in [0, 0.05) is 45.4 Å². The minimum Gasteiger partial charge on any atom is -0.393 e. The molecule has 0 amide bonds. The maximum Gasteiger partial charge on any atom is 0.164 e. The summed E-state index contributed by atoms with van der Waals surface area (Å²) < 4.78 is 14.9. The number of ketones is 1. The maximum absolute atomic E-state index is 14.9. The quantitative estimate of drug-likeness (QED) is 0.381. The predicted octanol–water partition coefficient (Wildman–Crippen LogP) is 6.67. The molecule has 41 heavy (non-hydrogen) atoms. The molecule has 8 rings (SSSR count). The van der Waals surface area contributed by atoms with Crippen LogP contribution in [0, 0.1) is 39.3 Å². The lowest BCUT2D eigenvalue weighted by Crippen LogP contribution is -2.67. The summed E-state index contributed by atoms with van der Waals surface area (Å²) in [5.41, 5.74) is -1.06. The van der Waals surface area contributed by atoms with Crippen LogP contribution in [-0.2, 0) is 11.2 Å². The summed E-state index contributed by atoms with van der Waals surface area (Å²) in [6, 6.07) is 4.60. The lowest BCUT2D eigenvalue weighted by atomic mass is 9.32. The second-order valence-electron chi connectivity index (χ2n) is 14.9. The number of carbonyl (C=O) groups is 1. The average Bonchev–Trinajstić information content (AvgIpc) is 3.21. The highest BCUT2D eigenvalue weighted by Gasteiger charge is 2.74. The monoisotopic (exact) mass is 581 g/mol. The molecule has 0 radical (unpaired) electrons. The summed E-state index contributed by atoms with van der Waals surface area (Å²) in [5, 5.41) is 23.7. The average molecular weight is 582 g/mol. The third-order valence-corrected chi connectivity index (χ3v) is 13.7. The Balaban J connectivity index is 1.33. The summed E-state index contributed by atoms with van der Waals surface area (Å²) in [4.78, 5) is 16.9. The summed E-state index contributed by atoms with van der Waals surface area (Å²) >= 11 is 6.42. The van der Waals surface area contributed by atoms with Crippen LogP contribution < -0.4 is 0 Å². The van der Waals surface area contributed by atoms with Crippen molar-refractivity contribution in [2.24, 2.45) is 33.5 Å². The molecule has 4 nitrogen and oxygen atoms in total. The Morgan fingerprint density at radius 2 is 1.73 bits per heavy atom. The lowest BCUT2D eigenvalue weighted by Gasteiger charge is -2.71. The molecule has 1 aromatic rings. The van der Waals surface area contributed by atoms with Gasteiger partial charge in [-0.3, -0.25) is 4.79 Å². The van der Waals surface area contributed by atoms with E-state index in [0.717, 1.165) is 57.2 Å². The Bertz CT molecular complexity index is 1300. The van der Waals surface area contributed by atoms with Crippen LogP contribution in [0.3, 0.4) is 0 Å². The molecule has 4 fully saturated rings. The number of halogens is 2. The van der Waals surface area contributed by atoms with Gasteiger partial charge in [-0.2, -0.15) is 0 Å². The molecule has 1 aliphatic heterocycles. The molecular formula is C35H45ClFNO3. The van der Waals surface area contributed by atoms with Crippen molar-refractivity contribution in [3.63, 3.8) is 0 Å². The zero-order valence-electron chi connectivity index (χ0n) is 24.6. The first kappa shape index (κ1) is 28.3. The highest BCUT2D eigenvalue weighted by atomic mass is 35.5. The van der Waals surface area contributed by atoms with Gasteiger partial charge in [-0.05, 0) is 100 Å². The number of Topliss-reactive ketones (excluding diaryl/α,β-unsaturated/α-hetero) is 1. The van der Waals surface area contributed by atoms with Crippen LogP contribution in [0.15, 0.2) is 42.0 Å². The zero-order valence-corrected chi connectivity index (χ0v) is 25.4. The first-order chi connectivity index (χ1) is 19.5. The van der Waals surface area contributed by atoms with Crippen molar-refractivity contribution in [3.8, 4) is 0 Å². The molecule has 1 aromatic carbocycles. The summed E-state index contributed by atoms with van der Waals surface area (Å²) in [6.45, 7) is 7.49. The Kier molecular flexibility index (Phi) is 6.53. The van der Waals surface area contributed by atoms with Crippen molar-refractivity contribution in [1.29, 1.82) is 0 Å². The van der Waals surface area contributed by atoms with Gasteiger partial charge in [0.05, 0.1) is 11.7 Å². The molecule has 3 saturated carbocycles. The van der Waals surface area contributed by atoms with E-state index >= 15 is 0 Å². The second kappa shape index (κ2) is 9.48. The molecule has 8 atom stereocenters. The Morgan fingerprint density at radius 3 is 2.49 bits per heavy atom. The number of hydrogen-bond donors (Lipinski definition) is 2. The molecule has 6 aliphatic carbocycles. The van der Waals surface area contributed by atoms with Gasteiger partial charge in [0.1, 0.15) is 5.82 Å². The van der Waals surface area contributed by atoms with E-state index < -0.39 is 28.4 Å². The van der Waals surface area contributed by atoms with Crippen molar-refractivity contribution in [3.05, 3.63) is 58.4 Å². The van der Waals surface area contributed by atoms with Crippen LogP contribution in [-0.4, -0.2) is 52.2 Å². The van der Waals surface area contributed by atoms with Crippen molar-refractivity contribution >= 4 is 17.4 Å². The van der Waals surface area contributed by atoms with Crippen LogP contribution in [0.5, 0.6) is 0 Å². The standard InChI is InChI=1S/C35H45ClFNO3/c1-31-12-9-23(39)20-33(31)15-16-35(25(21-33)28(40)19-24-26(36)7-6-8-27(24)37)29(31)10-13-32(2)30(35)11-14-34(32,41)22-38-17-4-3-5-18-38/h6-8,15-16,21,23,29-30,39,41H,3-5,9-14,17-20,22H2,1-2H3/t23?,29-,30-,31-,32+,33+,34-,35-/m1/s1. The highest BCUT2D eigenvalue weighted by Crippen LogP contribution is 2.78. The van der Waals surface area contributed by atoms with E-state index in [2.05, 4.69) is 37.0 Å². The summed E-state index contributed by atoms with van der Waals surface area (Å²) in [6.07, 6.45) is 15.9. The van der Waals surface area contributed by atoms with Crippen LogP contribution in [0.2, 0.25) is 5.02 Å². The van der Waals surface area contributed by atoms with Gasteiger partial charge < -0.3 is 15.1 Å². The first-order valence-corrected chi connectivity index (χ1v) is 16.4. The van der Waals surface area contributed by atoms with Gasteiger partial charge in [-0.15, -0.1) is 0 Å². The van der Waals surface area contributed by atoms with Gasteiger partial charge in [-0.25, -0.2) is 4.39 Å².